The van der Waals surface area contributed by atoms with E-state index < -0.39 is 0 Å². The standard InChI is InChI=1S/C23H22BrN3O4/c1-3-11-30-23-18(24)12-16(13-20(23)29-4-2)14-26-27-21(28)15-31-19-9-5-7-17-8-6-10-25-22(17)19/h3,5-10,12-14H,1,4,11,15H2,2H3,(H,27,28)/b26-14-. The van der Waals surface area contributed by atoms with Crippen molar-refractivity contribution in [1.29, 1.82) is 0 Å². The van der Waals surface area contributed by atoms with Crippen LogP contribution in [0.5, 0.6) is 17.2 Å². The summed E-state index contributed by atoms with van der Waals surface area (Å²) in [5.74, 6) is 1.30. The Morgan fingerprint density at radius 3 is 2.84 bits per heavy atom. The Morgan fingerprint density at radius 1 is 1.19 bits per heavy atom. The number of nitrogens with zero attached hydrogens (tertiary/aromatic N) is 2. The minimum atomic E-state index is -0.390. The van der Waals surface area contributed by atoms with E-state index in [2.05, 4.69) is 38.0 Å². The average Bonchev–Trinajstić information content (AvgIpc) is 2.77. The summed E-state index contributed by atoms with van der Waals surface area (Å²) in [5, 5.41) is 4.94. The van der Waals surface area contributed by atoms with Crippen molar-refractivity contribution in [2.75, 3.05) is 19.8 Å². The molecule has 0 unspecified atom stereocenters. The number of fused-ring (bicyclic) bond motifs is 1. The van der Waals surface area contributed by atoms with E-state index in [0.29, 0.717) is 40.5 Å². The molecular formula is C23H22BrN3O4. The third-order valence-corrected chi connectivity index (χ3v) is 4.62. The zero-order chi connectivity index (χ0) is 22.1. The van der Waals surface area contributed by atoms with E-state index >= 15 is 0 Å². The molecule has 160 valence electrons. The van der Waals surface area contributed by atoms with Crippen molar-refractivity contribution in [3.05, 3.63) is 71.4 Å². The van der Waals surface area contributed by atoms with Crippen LogP contribution in [0.2, 0.25) is 0 Å². The molecule has 0 fully saturated rings. The smallest absolute Gasteiger partial charge is 0.277 e. The van der Waals surface area contributed by atoms with Crippen molar-refractivity contribution in [3.63, 3.8) is 0 Å². The number of pyridine rings is 1. The van der Waals surface area contributed by atoms with Gasteiger partial charge in [-0.25, -0.2) is 5.43 Å². The lowest BCUT2D eigenvalue weighted by molar-refractivity contribution is -0.123. The molecule has 31 heavy (non-hydrogen) atoms. The fourth-order valence-electron chi connectivity index (χ4n) is 2.75. The molecule has 1 aromatic heterocycles. The largest absolute Gasteiger partial charge is 0.490 e. The lowest BCUT2D eigenvalue weighted by Crippen LogP contribution is -2.24. The summed E-state index contributed by atoms with van der Waals surface area (Å²) >= 11 is 3.48. The Kier molecular flexibility index (Phi) is 8.00. The van der Waals surface area contributed by atoms with E-state index in [4.69, 9.17) is 14.2 Å². The Bertz CT molecular complexity index is 1100. The molecule has 3 aromatic rings. The maximum Gasteiger partial charge on any atom is 0.277 e. The maximum atomic E-state index is 12.1. The number of halogens is 1. The Hall–Kier alpha value is -3.39. The second-order valence-corrected chi connectivity index (χ2v) is 7.13. The van der Waals surface area contributed by atoms with Gasteiger partial charge in [-0.2, -0.15) is 5.10 Å². The fraction of sp³-hybridized carbons (Fsp3) is 0.174. The number of ether oxygens (including phenoxy) is 3. The van der Waals surface area contributed by atoms with E-state index in [1.807, 2.05) is 37.3 Å². The Morgan fingerprint density at radius 2 is 2.03 bits per heavy atom. The van der Waals surface area contributed by atoms with Crippen LogP contribution in [-0.2, 0) is 4.79 Å². The summed E-state index contributed by atoms with van der Waals surface area (Å²) < 4.78 is 17.6. The summed E-state index contributed by atoms with van der Waals surface area (Å²) in [4.78, 5) is 16.4. The van der Waals surface area contributed by atoms with E-state index in [0.717, 1.165) is 10.9 Å². The molecule has 8 heteroatoms. The molecule has 0 aliphatic rings. The number of benzene rings is 2. The highest BCUT2D eigenvalue weighted by Crippen LogP contribution is 2.36. The molecule has 3 rings (SSSR count). The molecule has 0 bridgehead atoms. The minimum absolute atomic E-state index is 0.185. The third-order valence-electron chi connectivity index (χ3n) is 4.03. The van der Waals surface area contributed by atoms with Gasteiger partial charge in [0.15, 0.2) is 18.1 Å². The summed E-state index contributed by atoms with van der Waals surface area (Å²) in [6.07, 6.45) is 4.85. The van der Waals surface area contributed by atoms with Crippen molar-refractivity contribution < 1.29 is 19.0 Å². The molecule has 0 aliphatic carbocycles. The number of hydrazone groups is 1. The highest BCUT2D eigenvalue weighted by atomic mass is 79.9. The van der Waals surface area contributed by atoms with E-state index in [1.165, 1.54) is 6.21 Å². The lowest BCUT2D eigenvalue weighted by atomic mass is 10.2. The van der Waals surface area contributed by atoms with Gasteiger partial charge < -0.3 is 14.2 Å². The van der Waals surface area contributed by atoms with Crippen molar-refractivity contribution in [2.24, 2.45) is 5.10 Å². The molecule has 1 N–H and O–H groups in total. The minimum Gasteiger partial charge on any atom is -0.490 e. The Balaban J connectivity index is 1.61. The number of amides is 1. The van der Waals surface area contributed by atoms with Crippen molar-refractivity contribution >= 4 is 39.0 Å². The number of aromatic nitrogens is 1. The zero-order valence-corrected chi connectivity index (χ0v) is 18.6. The van der Waals surface area contributed by atoms with Crippen LogP contribution < -0.4 is 19.6 Å². The van der Waals surface area contributed by atoms with Gasteiger partial charge in [0.25, 0.3) is 5.91 Å². The molecule has 7 nitrogen and oxygen atoms in total. The van der Waals surface area contributed by atoms with Crippen molar-refractivity contribution in [1.82, 2.24) is 10.4 Å². The van der Waals surface area contributed by atoms with Crippen molar-refractivity contribution in [3.8, 4) is 17.2 Å². The van der Waals surface area contributed by atoms with Gasteiger partial charge >= 0.3 is 0 Å². The van der Waals surface area contributed by atoms with Gasteiger partial charge in [0.2, 0.25) is 0 Å². The van der Waals surface area contributed by atoms with Crippen LogP contribution in [0, 0.1) is 0 Å². The second kappa shape index (κ2) is 11.1. The van der Waals surface area contributed by atoms with E-state index in [-0.39, 0.29) is 12.5 Å². The molecule has 0 spiro atoms. The first-order chi connectivity index (χ1) is 15.1. The molecule has 0 saturated carbocycles. The number of para-hydroxylation sites is 1. The quantitative estimate of drug-likeness (QED) is 0.261. The highest BCUT2D eigenvalue weighted by Gasteiger charge is 2.11. The normalized spacial score (nSPS) is 10.8. The second-order valence-electron chi connectivity index (χ2n) is 6.28. The topological polar surface area (TPSA) is 82.0 Å². The highest BCUT2D eigenvalue weighted by molar-refractivity contribution is 9.10. The average molecular weight is 484 g/mol. The summed E-state index contributed by atoms with van der Waals surface area (Å²) in [6.45, 7) is 6.19. The number of rotatable bonds is 10. The molecule has 1 heterocycles. The van der Waals surface area contributed by atoms with Crippen LogP contribution in [0.4, 0.5) is 0 Å². The number of carbonyl (C=O) groups excluding carboxylic acids is 1. The molecule has 0 saturated heterocycles. The molecule has 0 aliphatic heterocycles. The summed E-state index contributed by atoms with van der Waals surface area (Å²) in [6, 6.07) is 12.9. The number of carbonyl (C=O) groups is 1. The monoisotopic (exact) mass is 483 g/mol. The molecule has 2 aromatic carbocycles. The summed E-state index contributed by atoms with van der Waals surface area (Å²) in [5.41, 5.74) is 3.88. The molecule has 0 radical (unpaired) electrons. The van der Waals surface area contributed by atoms with Gasteiger partial charge in [-0.15, -0.1) is 0 Å². The number of hydrogen-bond acceptors (Lipinski definition) is 6. The van der Waals surface area contributed by atoms with Gasteiger partial charge in [-0.1, -0.05) is 30.9 Å². The first-order valence-corrected chi connectivity index (χ1v) is 10.4. The lowest BCUT2D eigenvalue weighted by Gasteiger charge is -2.13. The van der Waals surface area contributed by atoms with Crippen LogP contribution in [0.1, 0.15) is 12.5 Å². The maximum absolute atomic E-state index is 12.1. The van der Waals surface area contributed by atoms with E-state index in [1.54, 1.807) is 24.4 Å². The van der Waals surface area contributed by atoms with Crippen LogP contribution in [0.25, 0.3) is 10.9 Å². The predicted octanol–water partition coefficient (Wildman–Crippen LogP) is 4.49. The van der Waals surface area contributed by atoms with Crippen LogP contribution in [0.15, 0.2) is 70.9 Å². The summed E-state index contributed by atoms with van der Waals surface area (Å²) in [7, 11) is 0. The first kappa shape index (κ1) is 22.3. The van der Waals surface area contributed by atoms with Crippen LogP contribution in [0.3, 0.4) is 0 Å². The van der Waals surface area contributed by atoms with Gasteiger partial charge in [0.1, 0.15) is 17.9 Å². The van der Waals surface area contributed by atoms with Crippen LogP contribution in [-0.4, -0.2) is 36.9 Å². The SMILES string of the molecule is C=CCOc1c(Br)cc(/C=N\NC(=O)COc2cccc3cccnc23)cc1OCC. The molecular weight excluding hydrogens is 462 g/mol. The van der Waals surface area contributed by atoms with E-state index in [9.17, 15) is 4.79 Å². The van der Waals surface area contributed by atoms with Crippen LogP contribution >= 0.6 is 15.9 Å². The predicted molar refractivity (Wildman–Crippen MR) is 124 cm³/mol. The fourth-order valence-corrected chi connectivity index (χ4v) is 3.33. The number of hydrogen-bond donors (Lipinski definition) is 1. The van der Waals surface area contributed by atoms with Gasteiger partial charge in [-0.3, -0.25) is 9.78 Å². The molecule has 0 atom stereocenters. The Labute approximate surface area is 188 Å². The molecule has 1 amide bonds. The first-order valence-electron chi connectivity index (χ1n) is 9.61. The van der Waals surface area contributed by atoms with Gasteiger partial charge in [0.05, 0.1) is 17.3 Å². The number of nitrogens with one attached hydrogen (secondary N) is 1. The van der Waals surface area contributed by atoms with Gasteiger partial charge in [0, 0.05) is 11.6 Å². The zero-order valence-electron chi connectivity index (χ0n) is 17.0. The van der Waals surface area contributed by atoms with Crippen molar-refractivity contribution in [2.45, 2.75) is 6.92 Å². The third kappa shape index (κ3) is 6.05. The van der Waals surface area contributed by atoms with Gasteiger partial charge in [-0.05, 0) is 52.7 Å².